The van der Waals surface area contributed by atoms with E-state index in [1.807, 2.05) is 31.2 Å². The van der Waals surface area contributed by atoms with E-state index in [0.717, 1.165) is 17.7 Å². The largest absolute Gasteiger partial charge is 0.508 e. The van der Waals surface area contributed by atoms with Crippen molar-refractivity contribution in [1.29, 1.82) is 0 Å². The summed E-state index contributed by atoms with van der Waals surface area (Å²) in [6.45, 7) is 3.60. The van der Waals surface area contributed by atoms with E-state index >= 15 is 0 Å². The molecular formula is C24H28N2O5. The number of piperazine rings is 1. The Morgan fingerprint density at radius 2 is 1.87 bits per heavy atom. The van der Waals surface area contributed by atoms with Gasteiger partial charge in [-0.05, 0) is 62.1 Å². The third kappa shape index (κ3) is 4.31. The number of nitrogens with zero attached hydrogens (tertiary/aromatic N) is 2. The summed E-state index contributed by atoms with van der Waals surface area (Å²) in [7, 11) is 0. The van der Waals surface area contributed by atoms with E-state index in [4.69, 9.17) is 4.74 Å². The van der Waals surface area contributed by atoms with Crippen LogP contribution in [0.25, 0.3) is 0 Å². The van der Waals surface area contributed by atoms with Crippen molar-refractivity contribution in [2.45, 2.75) is 38.1 Å². The second-order valence-corrected chi connectivity index (χ2v) is 8.11. The standard InChI is InChI=1S/C24H28N2O5/c1-2-31-18-8-5-16(6-9-18)11-13-25-15-22(29)26-12-3-4-19(23(26)24(25)30)20-14-17(27)7-10-21(20)28/h5-10,14,19,23,27-28H,2-4,11-13,15H2,1H3/t19-,23+/m0/s1. The molecule has 2 aliphatic heterocycles. The van der Waals surface area contributed by atoms with Crippen LogP contribution in [0.1, 0.15) is 36.8 Å². The molecule has 0 saturated carbocycles. The molecule has 0 unspecified atom stereocenters. The van der Waals surface area contributed by atoms with Crippen molar-refractivity contribution in [3.05, 3.63) is 53.6 Å². The highest BCUT2D eigenvalue weighted by molar-refractivity contribution is 5.96. The number of amides is 2. The lowest BCUT2D eigenvalue weighted by Gasteiger charge is -2.46. The summed E-state index contributed by atoms with van der Waals surface area (Å²) >= 11 is 0. The zero-order valence-corrected chi connectivity index (χ0v) is 17.7. The van der Waals surface area contributed by atoms with Crippen molar-refractivity contribution < 1.29 is 24.5 Å². The van der Waals surface area contributed by atoms with Crippen molar-refractivity contribution in [3.8, 4) is 17.2 Å². The van der Waals surface area contributed by atoms with Crippen LogP contribution in [0.3, 0.4) is 0 Å². The first-order chi connectivity index (χ1) is 15.0. The van der Waals surface area contributed by atoms with Crippen molar-refractivity contribution in [2.24, 2.45) is 0 Å². The van der Waals surface area contributed by atoms with Gasteiger partial charge in [-0.25, -0.2) is 0 Å². The molecule has 0 aliphatic carbocycles. The fourth-order valence-corrected chi connectivity index (χ4v) is 4.64. The Morgan fingerprint density at radius 1 is 1.10 bits per heavy atom. The minimum Gasteiger partial charge on any atom is -0.508 e. The number of phenolic OH excluding ortho intramolecular Hbond substituents is 2. The van der Waals surface area contributed by atoms with Crippen LogP contribution >= 0.6 is 0 Å². The molecule has 2 aromatic rings. The molecule has 2 heterocycles. The molecule has 0 spiro atoms. The molecule has 7 heteroatoms. The molecule has 2 aliphatic rings. The second kappa shape index (κ2) is 8.88. The van der Waals surface area contributed by atoms with E-state index in [2.05, 4.69) is 0 Å². The highest BCUT2D eigenvalue weighted by Crippen LogP contribution is 2.40. The van der Waals surface area contributed by atoms with Gasteiger partial charge in [-0.1, -0.05) is 12.1 Å². The van der Waals surface area contributed by atoms with Gasteiger partial charge >= 0.3 is 0 Å². The average molecular weight is 424 g/mol. The molecule has 31 heavy (non-hydrogen) atoms. The number of hydrogen-bond acceptors (Lipinski definition) is 5. The van der Waals surface area contributed by atoms with Crippen LogP contribution in [0.5, 0.6) is 17.2 Å². The van der Waals surface area contributed by atoms with Crippen molar-refractivity contribution in [2.75, 3.05) is 26.2 Å². The summed E-state index contributed by atoms with van der Waals surface area (Å²) in [6.07, 6.45) is 2.06. The Labute approximate surface area is 181 Å². The number of ether oxygens (including phenoxy) is 1. The van der Waals surface area contributed by atoms with Gasteiger partial charge in [-0.3, -0.25) is 9.59 Å². The fraction of sp³-hybridized carbons (Fsp3) is 0.417. The molecule has 2 saturated heterocycles. The van der Waals surface area contributed by atoms with Gasteiger partial charge in [-0.2, -0.15) is 0 Å². The number of carbonyl (C=O) groups is 2. The Hall–Kier alpha value is -3.22. The van der Waals surface area contributed by atoms with Crippen LogP contribution in [0, 0.1) is 0 Å². The maximum Gasteiger partial charge on any atom is 0.246 e. The first-order valence-corrected chi connectivity index (χ1v) is 10.8. The van der Waals surface area contributed by atoms with Crippen LogP contribution in [0.2, 0.25) is 0 Å². The van der Waals surface area contributed by atoms with E-state index in [9.17, 15) is 19.8 Å². The summed E-state index contributed by atoms with van der Waals surface area (Å²) in [4.78, 5) is 29.5. The van der Waals surface area contributed by atoms with Gasteiger partial charge in [0, 0.05) is 24.6 Å². The van der Waals surface area contributed by atoms with Crippen molar-refractivity contribution in [3.63, 3.8) is 0 Å². The Morgan fingerprint density at radius 3 is 2.61 bits per heavy atom. The maximum atomic E-state index is 13.4. The van der Waals surface area contributed by atoms with Gasteiger partial charge in [0.05, 0.1) is 13.2 Å². The number of carbonyl (C=O) groups excluding carboxylic acids is 2. The highest BCUT2D eigenvalue weighted by atomic mass is 16.5. The molecule has 2 amide bonds. The van der Waals surface area contributed by atoms with E-state index in [0.29, 0.717) is 38.1 Å². The number of aromatic hydroxyl groups is 2. The lowest BCUT2D eigenvalue weighted by atomic mass is 9.81. The van der Waals surface area contributed by atoms with Crippen LogP contribution in [0.15, 0.2) is 42.5 Å². The first kappa shape index (κ1) is 21.0. The third-order valence-corrected chi connectivity index (χ3v) is 6.16. The lowest BCUT2D eigenvalue weighted by Crippen LogP contribution is -2.63. The molecule has 4 rings (SSSR count). The summed E-state index contributed by atoms with van der Waals surface area (Å²) < 4.78 is 5.46. The Kier molecular flexibility index (Phi) is 6.02. The molecule has 2 fully saturated rings. The smallest absolute Gasteiger partial charge is 0.246 e. The number of fused-ring (bicyclic) bond motifs is 1. The zero-order valence-electron chi connectivity index (χ0n) is 17.7. The molecule has 0 aromatic heterocycles. The summed E-state index contributed by atoms with van der Waals surface area (Å²) in [5.74, 6) is 0.370. The van der Waals surface area contributed by atoms with E-state index < -0.39 is 6.04 Å². The van der Waals surface area contributed by atoms with Gasteiger partial charge < -0.3 is 24.7 Å². The summed E-state index contributed by atoms with van der Waals surface area (Å²) in [6, 6.07) is 11.5. The molecule has 164 valence electrons. The van der Waals surface area contributed by atoms with Crippen LogP contribution < -0.4 is 4.74 Å². The van der Waals surface area contributed by atoms with Crippen LogP contribution in [-0.4, -0.2) is 64.1 Å². The maximum absolute atomic E-state index is 13.4. The third-order valence-electron chi connectivity index (χ3n) is 6.16. The minimum absolute atomic E-state index is 0.0341. The van der Waals surface area contributed by atoms with Gasteiger partial charge in [0.15, 0.2) is 0 Å². The molecular weight excluding hydrogens is 396 g/mol. The highest BCUT2D eigenvalue weighted by Gasteiger charge is 2.46. The van der Waals surface area contributed by atoms with Crippen molar-refractivity contribution >= 4 is 11.8 Å². The average Bonchev–Trinajstić information content (AvgIpc) is 2.77. The Balaban J connectivity index is 1.52. The van der Waals surface area contributed by atoms with Gasteiger partial charge in [-0.15, -0.1) is 0 Å². The topological polar surface area (TPSA) is 90.3 Å². The monoisotopic (exact) mass is 424 g/mol. The fourth-order valence-electron chi connectivity index (χ4n) is 4.64. The summed E-state index contributed by atoms with van der Waals surface area (Å²) in [5.41, 5.74) is 1.58. The normalized spacial score (nSPS) is 21.2. The zero-order chi connectivity index (χ0) is 22.0. The number of benzene rings is 2. The number of rotatable bonds is 6. The molecule has 2 aromatic carbocycles. The number of hydrogen-bond donors (Lipinski definition) is 2. The van der Waals surface area contributed by atoms with E-state index in [-0.39, 0.29) is 35.8 Å². The predicted molar refractivity (Wildman–Crippen MR) is 115 cm³/mol. The lowest BCUT2D eigenvalue weighted by molar-refractivity contribution is -0.158. The van der Waals surface area contributed by atoms with Crippen LogP contribution in [0.4, 0.5) is 0 Å². The Bertz CT molecular complexity index is 959. The predicted octanol–water partition coefficient (Wildman–Crippen LogP) is 2.66. The molecule has 2 atom stereocenters. The van der Waals surface area contributed by atoms with Gasteiger partial charge in [0.2, 0.25) is 11.8 Å². The number of piperidine rings is 1. The quantitative estimate of drug-likeness (QED) is 0.696. The van der Waals surface area contributed by atoms with Crippen molar-refractivity contribution in [1.82, 2.24) is 9.80 Å². The molecule has 0 bridgehead atoms. The molecule has 2 N–H and O–H groups in total. The van der Waals surface area contributed by atoms with E-state index in [1.54, 1.807) is 9.80 Å². The molecule has 7 nitrogen and oxygen atoms in total. The van der Waals surface area contributed by atoms with Crippen LogP contribution in [-0.2, 0) is 16.0 Å². The molecule has 0 radical (unpaired) electrons. The second-order valence-electron chi connectivity index (χ2n) is 8.11. The van der Waals surface area contributed by atoms with Gasteiger partial charge in [0.25, 0.3) is 0 Å². The summed E-state index contributed by atoms with van der Waals surface area (Å²) in [5, 5.41) is 20.3. The van der Waals surface area contributed by atoms with Gasteiger partial charge in [0.1, 0.15) is 23.3 Å². The number of phenols is 2. The minimum atomic E-state index is -0.650. The van der Waals surface area contributed by atoms with E-state index in [1.165, 1.54) is 18.2 Å². The SMILES string of the molecule is CCOc1ccc(CCN2CC(=O)N3CCC[C@@H](c4cc(O)ccc4O)[C@@H]3C2=O)cc1. The first-order valence-electron chi connectivity index (χ1n) is 10.8.